The fourth-order valence-electron chi connectivity index (χ4n) is 5.53. The van der Waals surface area contributed by atoms with Crippen LogP contribution in [0.5, 0.6) is 5.75 Å². The molecule has 2 aromatic rings. The maximum atomic E-state index is 15.2. The monoisotopic (exact) mass is 619 g/mol. The van der Waals surface area contributed by atoms with Gasteiger partial charge in [0.15, 0.2) is 5.82 Å². The Kier molecular flexibility index (Phi) is 8.25. The van der Waals surface area contributed by atoms with Crippen LogP contribution in [0, 0.1) is 5.82 Å². The van der Waals surface area contributed by atoms with E-state index in [4.69, 9.17) is 9.47 Å². The van der Waals surface area contributed by atoms with Crippen LogP contribution in [0.4, 0.5) is 41.1 Å². The van der Waals surface area contributed by atoms with Gasteiger partial charge >= 0.3 is 12.0 Å². The Morgan fingerprint density at radius 1 is 1.14 bits per heavy atom. The molecule has 1 aliphatic carbocycles. The molecule has 2 N–H and O–H groups in total. The number of anilines is 4. The number of nitrogens with zero attached hydrogens (tertiary/aromatic N) is 5. The standard InChI is InChI=1S/C29H36F3N7O5/c1-28(2,3)44-27(42)38-13-16(14-38)34-24(40)18-10-22(43-5)20(11-19(18)30)35-26-33-12-21-23(36-26)39(17-8-6-7-9-17)15-29(31,32)25(41)37(21)4/h10-12,16-17H,6-9,13-15H2,1-5H3,(H,34,40)(H,33,35,36). The van der Waals surface area contributed by atoms with E-state index in [0.29, 0.717) is 12.8 Å². The first-order valence-corrected chi connectivity index (χ1v) is 14.4. The zero-order valence-corrected chi connectivity index (χ0v) is 25.2. The summed E-state index contributed by atoms with van der Waals surface area (Å²) < 4.78 is 55.7. The zero-order valence-electron chi connectivity index (χ0n) is 25.2. The topological polar surface area (TPSA) is 129 Å². The van der Waals surface area contributed by atoms with E-state index >= 15 is 4.39 Å². The number of hydrogen-bond acceptors (Lipinski definition) is 9. The highest BCUT2D eigenvalue weighted by molar-refractivity contribution is 6.02. The molecule has 15 heteroatoms. The summed E-state index contributed by atoms with van der Waals surface area (Å²) in [5, 5.41) is 5.56. The predicted octanol–water partition coefficient (Wildman–Crippen LogP) is 4.08. The van der Waals surface area contributed by atoms with Crippen molar-refractivity contribution in [1.29, 1.82) is 0 Å². The van der Waals surface area contributed by atoms with Crippen LogP contribution in [-0.4, -0.2) is 90.2 Å². The number of methoxy groups -OCH3 is 1. The summed E-state index contributed by atoms with van der Waals surface area (Å²) in [5.74, 6) is -6.29. The number of likely N-dealkylation sites (tertiary alicyclic amines) is 1. The minimum Gasteiger partial charge on any atom is -0.495 e. The molecule has 44 heavy (non-hydrogen) atoms. The number of amides is 3. The Bertz CT molecular complexity index is 1460. The summed E-state index contributed by atoms with van der Waals surface area (Å²) in [4.78, 5) is 50.0. The maximum absolute atomic E-state index is 15.2. The van der Waals surface area contributed by atoms with E-state index in [1.54, 1.807) is 20.8 Å². The second kappa shape index (κ2) is 11.7. The van der Waals surface area contributed by atoms with E-state index < -0.39 is 41.8 Å². The Labute approximate surface area is 252 Å². The zero-order chi connectivity index (χ0) is 32.0. The van der Waals surface area contributed by atoms with Crippen LogP contribution in [0.15, 0.2) is 18.3 Å². The fraction of sp³-hybridized carbons (Fsp3) is 0.552. The lowest BCUT2D eigenvalue weighted by molar-refractivity contribution is -0.140. The Hall–Kier alpha value is -4.30. The number of carbonyl (C=O) groups excluding carboxylic acids is 3. The van der Waals surface area contributed by atoms with Crippen molar-refractivity contribution in [3.05, 3.63) is 29.7 Å². The fourth-order valence-corrected chi connectivity index (χ4v) is 5.53. The third kappa shape index (κ3) is 6.31. The van der Waals surface area contributed by atoms with Crippen LogP contribution in [0.25, 0.3) is 0 Å². The first-order valence-electron chi connectivity index (χ1n) is 14.4. The number of hydrogen-bond donors (Lipinski definition) is 2. The van der Waals surface area contributed by atoms with Gasteiger partial charge in [0.05, 0.1) is 37.1 Å². The van der Waals surface area contributed by atoms with E-state index in [0.717, 1.165) is 23.8 Å². The maximum Gasteiger partial charge on any atom is 0.410 e. The molecule has 1 saturated carbocycles. The van der Waals surface area contributed by atoms with Gasteiger partial charge in [0, 0.05) is 32.2 Å². The average Bonchev–Trinajstić information content (AvgIpc) is 3.44. The predicted molar refractivity (Wildman–Crippen MR) is 155 cm³/mol. The number of halogens is 3. The van der Waals surface area contributed by atoms with Crippen molar-refractivity contribution in [3.8, 4) is 5.75 Å². The molecule has 0 radical (unpaired) electrons. The summed E-state index contributed by atoms with van der Waals surface area (Å²) >= 11 is 0. The van der Waals surface area contributed by atoms with Crippen molar-refractivity contribution in [2.24, 2.45) is 0 Å². The molecule has 5 rings (SSSR count). The normalized spacial score (nSPS) is 18.8. The molecule has 2 fully saturated rings. The molecule has 2 aliphatic heterocycles. The third-order valence-electron chi connectivity index (χ3n) is 7.78. The van der Waals surface area contributed by atoms with Gasteiger partial charge in [0.1, 0.15) is 22.9 Å². The van der Waals surface area contributed by atoms with Crippen molar-refractivity contribution in [2.45, 2.75) is 70.1 Å². The lowest BCUT2D eigenvalue weighted by atomic mass is 10.1. The molecule has 0 spiro atoms. The minimum absolute atomic E-state index is 0.0376. The van der Waals surface area contributed by atoms with Gasteiger partial charge in [-0.25, -0.2) is 14.2 Å². The van der Waals surface area contributed by atoms with Gasteiger partial charge in [0.2, 0.25) is 5.95 Å². The third-order valence-corrected chi connectivity index (χ3v) is 7.78. The minimum atomic E-state index is -3.62. The first-order chi connectivity index (χ1) is 20.7. The highest BCUT2D eigenvalue weighted by atomic mass is 19.3. The molecule has 1 aromatic heterocycles. The molecular formula is C29H36F3N7O5. The quantitative estimate of drug-likeness (QED) is 0.492. The van der Waals surface area contributed by atoms with Crippen LogP contribution >= 0.6 is 0 Å². The molecule has 0 atom stereocenters. The first kappa shape index (κ1) is 31.1. The summed E-state index contributed by atoms with van der Waals surface area (Å²) in [5.41, 5.74) is -0.696. The second-order valence-corrected chi connectivity index (χ2v) is 12.3. The SMILES string of the molecule is COc1cc(C(=O)NC2CN(C(=O)OC(C)(C)C)C2)c(F)cc1Nc1ncc2c(n1)N(C1CCCC1)CC(F)(F)C(=O)N2C. The molecule has 0 unspecified atom stereocenters. The van der Waals surface area contributed by atoms with Crippen LogP contribution in [-0.2, 0) is 9.53 Å². The molecule has 0 bridgehead atoms. The van der Waals surface area contributed by atoms with Crippen LogP contribution in [0.2, 0.25) is 0 Å². The number of benzene rings is 1. The van der Waals surface area contributed by atoms with E-state index in [1.807, 2.05) is 0 Å². The lowest BCUT2D eigenvalue weighted by Crippen LogP contribution is -2.61. The number of alkyl halides is 2. The summed E-state index contributed by atoms with van der Waals surface area (Å²) in [7, 11) is 2.59. The average molecular weight is 620 g/mol. The lowest BCUT2D eigenvalue weighted by Gasteiger charge is -2.40. The van der Waals surface area contributed by atoms with E-state index in [2.05, 4.69) is 20.6 Å². The van der Waals surface area contributed by atoms with Gasteiger partial charge in [-0.3, -0.25) is 9.59 Å². The molecule has 3 amide bonds. The van der Waals surface area contributed by atoms with E-state index in [-0.39, 0.29) is 59.6 Å². The second-order valence-electron chi connectivity index (χ2n) is 12.3. The molecular weight excluding hydrogens is 583 g/mol. The number of rotatable bonds is 6. The molecule has 3 heterocycles. The number of nitrogens with one attached hydrogen (secondary N) is 2. The highest BCUT2D eigenvalue weighted by Crippen LogP contribution is 2.40. The number of carbonyl (C=O) groups is 3. The molecule has 1 saturated heterocycles. The number of fused-ring (bicyclic) bond motifs is 1. The molecule has 3 aliphatic rings. The van der Waals surface area contributed by atoms with Gasteiger partial charge in [-0.15, -0.1) is 0 Å². The van der Waals surface area contributed by atoms with Crippen molar-refractivity contribution >= 4 is 41.0 Å². The smallest absolute Gasteiger partial charge is 0.410 e. The van der Waals surface area contributed by atoms with E-state index in [1.165, 1.54) is 36.2 Å². The largest absolute Gasteiger partial charge is 0.495 e. The van der Waals surface area contributed by atoms with Crippen LogP contribution < -0.4 is 25.2 Å². The van der Waals surface area contributed by atoms with Crippen molar-refractivity contribution in [1.82, 2.24) is 20.2 Å². The Morgan fingerprint density at radius 2 is 1.82 bits per heavy atom. The van der Waals surface area contributed by atoms with Gasteiger partial charge in [0.25, 0.3) is 11.8 Å². The molecule has 238 valence electrons. The van der Waals surface area contributed by atoms with Gasteiger partial charge in [-0.2, -0.15) is 13.8 Å². The van der Waals surface area contributed by atoms with Crippen molar-refractivity contribution in [2.75, 3.05) is 48.9 Å². The Morgan fingerprint density at radius 3 is 2.45 bits per heavy atom. The van der Waals surface area contributed by atoms with Gasteiger partial charge in [-0.1, -0.05) is 12.8 Å². The number of aromatic nitrogens is 2. The highest BCUT2D eigenvalue weighted by Gasteiger charge is 2.49. The van der Waals surface area contributed by atoms with Crippen molar-refractivity contribution in [3.63, 3.8) is 0 Å². The van der Waals surface area contributed by atoms with Crippen LogP contribution in [0.1, 0.15) is 56.8 Å². The van der Waals surface area contributed by atoms with Gasteiger partial charge < -0.3 is 34.8 Å². The summed E-state index contributed by atoms with van der Waals surface area (Å²) in [6, 6.07) is 1.66. The van der Waals surface area contributed by atoms with Gasteiger partial charge in [-0.05, 0) is 39.7 Å². The number of ether oxygens (including phenoxy) is 2. The summed E-state index contributed by atoms with van der Waals surface area (Å²) in [6.45, 7) is 4.89. The van der Waals surface area contributed by atoms with E-state index in [9.17, 15) is 23.2 Å². The Balaban J connectivity index is 1.34. The molecule has 12 nitrogen and oxygen atoms in total. The molecule has 1 aromatic carbocycles. The van der Waals surface area contributed by atoms with Crippen LogP contribution in [0.3, 0.4) is 0 Å². The van der Waals surface area contributed by atoms with Crippen molar-refractivity contribution < 1.29 is 37.0 Å². The summed E-state index contributed by atoms with van der Waals surface area (Å²) in [6.07, 6.45) is 3.90.